The molecule has 1 heterocycles. The number of amides is 1. The van der Waals surface area contributed by atoms with E-state index in [2.05, 4.69) is 71.5 Å². The fourth-order valence-electron chi connectivity index (χ4n) is 5.43. The molecule has 0 aromatic heterocycles. The largest absolute Gasteiger partial charge is 0.493 e. The number of carbonyl (C=O) groups excluding carboxylic acids is 1. The van der Waals surface area contributed by atoms with Crippen LogP contribution in [0.25, 0.3) is 6.08 Å². The average Bonchev–Trinajstić information content (AvgIpc) is 3.19. The molecule has 216 valence electrons. The van der Waals surface area contributed by atoms with Crippen LogP contribution in [-0.4, -0.2) is 50.0 Å². The van der Waals surface area contributed by atoms with Crippen LogP contribution in [0.5, 0.6) is 11.5 Å². The van der Waals surface area contributed by atoms with E-state index in [-0.39, 0.29) is 11.3 Å². The lowest BCUT2D eigenvalue weighted by molar-refractivity contribution is -0.438. The third-order valence-electron chi connectivity index (χ3n) is 7.56. The second-order valence-corrected chi connectivity index (χ2v) is 10.8. The lowest BCUT2D eigenvalue weighted by Crippen LogP contribution is -2.28. The van der Waals surface area contributed by atoms with Gasteiger partial charge >= 0.3 is 0 Å². The third kappa shape index (κ3) is 7.16. The van der Waals surface area contributed by atoms with E-state index >= 15 is 0 Å². The Labute approximate surface area is 244 Å². The summed E-state index contributed by atoms with van der Waals surface area (Å²) in [5, 5.41) is 6.40. The zero-order chi connectivity index (χ0) is 29.2. The SMILES string of the molecule is COc1cccc(/C=C/C2=[N+](CCCCCC(=O)NCCN)c3ccc(Nc4ccccc4)cc3C2(C)C)c1OC. The maximum absolute atomic E-state index is 12.0. The minimum Gasteiger partial charge on any atom is -0.493 e. The predicted octanol–water partition coefficient (Wildman–Crippen LogP) is 6.17. The molecule has 7 nitrogen and oxygen atoms in total. The van der Waals surface area contributed by atoms with Crippen LogP contribution in [0, 0.1) is 0 Å². The molecule has 0 radical (unpaired) electrons. The van der Waals surface area contributed by atoms with Gasteiger partial charge < -0.3 is 25.8 Å². The second-order valence-electron chi connectivity index (χ2n) is 10.8. The molecule has 1 aliphatic rings. The molecular formula is C34H43N4O3+. The van der Waals surface area contributed by atoms with Crippen molar-refractivity contribution in [2.75, 3.05) is 39.2 Å². The molecule has 4 N–H and O–H groups in total. The summed E-state index contributed by atoms with van der Waals surface area (Å²) >= 11 is 0. The van der Waals surface area contributed by atoms with Gasteiger partial charge in [-0.3, -0.25) is 4.79 Å². The van der Waals surface area contributed by atoms with Gasteiger partial charge in [0.05, 0.1) is 19.6 Å². The normalized spacial score (nSPS) is 13.8. The highest BCUT2D eigenvalue weighted by Crippen LogP contribution is 2.42. The second kappa shape index (κ2) is 14.0. The van der Waals surface area contributed by atoms with E-state index in [9.17, 15) is 4.79 Å². The van der Waals surface area contributed by atoms with Crippen LogP contribution in [0.15, 0.2) is 72.8 Å². The summed E-state index contributed by atoms with van der Waals surface area (Å²) in [6.45, 7) is 6.42. The van der Waals surface area contributed by atoms with Crippen molar-refractivity contribution in [3.63, 3.8) is 0 Å². The average molecular weight is 556 g/mol. The summed E-state index contributed by atoms with van der Waals surface area (Å²) in [6, 6.07) is 22.8. The summed E-state index contributed by atoms with van der Waals surface area (Å²) in [4.78, 5) is 12.0. The van der Waals surface area contributed by atoms with Crippen molar-refractivity contribution >= 4 is 34.8 Å². The van der Waals surface area contributed by atoms with Crippen LogP contribution in [0.2, 0.25) is 0 Å². The smallest absolute Gasteiger partial charge is 0.220 e. The highest BCUT2D eigenvalue weighted by molar-refractivity contribution is 6.05. The Balaban J connectivity index is 1.61. The molecule has 4 rings (SSSR count). The molecular weight excluding hydrogens is 512 g/mol. The Kier molecular flexibility index (Phi) is 10.2. The number of nitrogens with two attached hydrogens (primary N) is 1. The van der Waals surface area contributed by atoms with Gasteiger partial charge in [-0.05, 0) is 63.1 Å². The lowest BCUT2D eigenvalue weighted by Gasteiger charge is -2.17. The van der Waals surface area contributed by atoms with Crippen LogP contribution in [-0.2, 0) is 10.2 Å². The van der Waals surface area contributed by atoms with E-state index in [0.717, 1.165) is 42.7 Å². The number of nitrogens with zero attached hydrogens (tertiary/aromatic N) is 1. The number of hydrogen-bond donors (Lipinski definition) is 3. The standard InChI is InChI=1S/C34H42N4O3/c1-34(2)28-24-27(37-26-13-7-5-8-14-26)18-19-29(28)38(23-10-6-9-16-32(39)36-22-21-35)31(34)20-17-25-12-11-15-30(40-3)33(25)41-4/h5,7-8,11-15,17-20,24,37H,6,9-10,16,21-23,35H2,1-4H3/p+1/b20-17+. The van der Waals surface area contributed by atoms with Crippen LogP contribution in [0.4, 0.5) is 17.1 Å². The minimum atomic E-state index is -0.228. The Morgan fingerprint density at radius 3 is 2.46 bits per heavy atom. The molecule has 0 fully saturated rings. The minimum absolute atomic E-state index is 0.0731. The number of para-hydroxylation sites is 2. The van der Waals surface area contributed by atoms with E-state index in [1.165, 1.54) is 17.0 Å². The summed E-state index contributed by atoms with van der Waals surface area (Å²) in [6.07, 6.45) is 7.65. The first-order valence-corrected chi connectivity index (χ1v) is 14.4. The van der Waals surface area contributed by atoms with Gasteiger partial charge in [0.1, 0.15) is 6.54 Å². The summed E-state index contributed by atoms with van der Waals surface area (Å²) in [7, 11) is 3.32. The Hall–Kier alpha value is -4.10. The molecule has 0 atom stereocenters. The van der Waals surface area contributed by atoms with Crippen molar-refractivity contribution in [3.8, 4) is 11.5 Å². The van der Waals surface area contributed by atoms with Gasteiger partial charge in [-0.15, -0.1) is 0 Å². The van der Waals surface area contributed by atoms with Crippen molar-refractivity contribution in [3.05, 3.63) is 83.9 Å². The molecule has 3 aromatic rings. The number of methoxy groups -OCH3 is 2. The number of benzene rings is 3. The number of fused-ring (bicyclic) bond motifs is 1. The number of anilines is 2. The van der Waals surface area contributed by atoms with Gasteiger partial charge in [0.25, 0.3) is 0 Å². The van der Waals surface area contributed by atoms with E-state index in [1.807, 2.05) is 36.4 Å². The van der Waals surface area contributed by atoms with Crippen molar-refractivity contribution in [2.45, 2.75) is 44.9 Å². The van der Waals surface area contributed by atoms with Gasteiger partial charge in [-0.2, -0.15) is 4.58 Å². The summed E-state index contributed by atoms with van der Waals surface area (Å²) in [5.41, 5.74) is 12.1. The van der Waals surface area contributed by atoms with Crippen molar-refractivity contribution in [2.24, 2.45) is 5.73 Å². The lowest BCUT2D eigenvalue weighted by atomic mass is 9.81. The Morgan fingerprint density at radius 1 is 0.927 bits per heavy atom. The number of allylic oxidation sites excluding steroid dienone is 1. The maximum Gasteiger partial charge on any atom is 0.220 e. The van der Waals surface area contributed by atoms with Crippen molar-refractivity contribution in [1.82, 2.24) is 5.32 Å². The summed E-state index contributed by atoms with van der Waals surface area (Å²) in [5.74, 6) is 1.50. The van der Waals surface area contributed by atoms with Crippen molar-refractivity contribution < 1.29 is 18.8 Å². The quantitative estimate of drug-likeness (QED) is 0.164. The number of carbonyl (C=O) groups is 1. The van der Waals surface area contributed by atoms with E-state index < -0.39 is 0 Å². The molecule has 0 saturated carbocycles. The topological polar surface area (TPSA) is 88.6 Å². The highest BCUT2D eigenvalue weighted by atomic mass is 16.5. The fourth-order valence-corrected chi connectivity index (χ4v) is 5.43. The molecule has 0 aliphatic carbocycles. The number of ether oxygens (including phenoxy) is 2. The van der Waals surface area contributed by atoms with Gasteiger partial charge in [0.2, 0.25) is 11.6 Å². The first-order chi connectivity index (χ1) is 19.9. The zero-order valence-electron chi connectivity index (χ0n) is 24.7. The van der Waals surface area contributed by atoms with E-state index in [0.29, 0.717) is 31.0 Å². The highest BCUT2D eigenvalue weighted by Gasteiger charge is 2.44. The van der Waals surface area contributed by atoms with Crippen LogP contribution in [0.3, 0.4) is 0 Å². The van der Waals surface area contributed by atoms with Gasteiger partial charge in [0, 0.05) is 60.6 Å². The molecule has 1 aliphatic heterocycles. The first-order valence-electron chi connectivity index (χ1n) is 14.4. The van der Waals surface area contributed by atoms with E-state index in [1.54, 1.807) is 14.2 Å². The van der Waals surface area contributed by atoms with Gasteiger partial charge in [0.15, 0.2) is 17.2 Å². The van der Waals surface area contributed by atoms with Gasteiger partial charge in [-0.1, -0.05) is 30.3 Å². The first kappa shape index (κ1) is 29.9. The molecule has 0 bridgehead atoms. The predicted molar refractivity (Wildman–Crippen MR) is 168 cm³/mol. The number of unbranched alkanes of at least 4 members (excludes halogenated alkanes) is 2. The molecule has 1 amide bonds. The zero-order valence-corrected chi connectivity index (χ0v) is 24.7. The Bertz CT molecular complexity index is 1400. The van der Waals surface area contributed by atoms with Crippen molar-refractivity contribution in [1.29, 1.82) is 0 Å². The number of hydrogen-bond acceptors (Lipinski definition) is 5. The molecule has 41 heavy (non-hydrogen) atoms. The monoisotopic (exact) mass is 555 g/mol. The number of nitrogens with one attached hydrogen (secondary N) is 2. The molecule has 3 aromatic carbocycles. The number of rotatable bonds is 14. The Morgan fingerprint density at radius 2 is 1.73 bits per heavy atom. The van der Waals surface area contributed by atoms with Gasteiger partial charge in [-0.25, -0.2) is 0 Å². The van der Waals surface area contributed by atoms with Crippen LogP contribution < -0.4 is 25.8 Å². The van der Waals surface area contributed by atoms with E-state index in [4.69, 9.17) is 15.2 Å². The van der Waals surface area contributed by atoms with Crippen LogP contribution >= 0.6 is 0 Å². The fraction of sp³-hybridized carbons (Fsp3) is 0.353. The molecule has 0 saturated heterocycles. The maximum atomic E-state index is 12.0. The molecule has 0 spiro atoms. The molecule has 7 heteroatoms. The summed E-state index contributed by atoms with van der Waals surface area (Å²) < 4.78 is 13.6. The van der Waals surface area contributed by atoms with Crippen LogP contribution in [0.1, 0.15) is 50.7 Å². The molecule has 0 unspecified atom stereocenters. The third-order valence-corrected chi connectivity index (χ3v) is 7.56.